The van der Waals surface area contributed by atoms with E-state index in [2.05, 4.69) is 19.2 Å². The molecule has 0 aliphatic carbocycles. The minimum absolute atomic E-state index is 0.211. The van der Waals surface area contributed by atoms with Crippen LogP contribution in [-0.2, 0) is 6.54 Å². The molecule has 0 spiro atoms. The van der Waals surface area contributed by atoms with E-state index in [1.165, 1.54) is 0 Å². The predicted molar refractivity (Wildman–Crippen MR) is 151 cm³/mol. The standard InChI is InChI=1S/C24H36N2O3.2C2H6.CH4O/c1-6-8-10-14-24(3,4)25-22(27)20-16-18-12-13-19(29-5)17-21(18)26(23(20)28)15-11-9-7-2;3*1-2/h12-13,16-17H,6-11,14-15H2,1-5H3,(H,25,27);2*1-2H3;2H,1H3. The lowest BCUT2D eigenvalue weighted by Crippen LogP contribution is -2.45. The summed E-state index contributed by atoms with van der Waals surface area (Å²) < 4.78 is 7.07. The molecule has 0 saturated carbocycles. The third-order valence-electron chi connectivity index (χ3n) is 5.39. The lowest BCUT2D eigenvalue weighted by Gasteiger charge is -2.26. The maximum Gasteiger partial charge on any atom is 0.263 e. The van der Waals surface area contributed by atoms with E-state index in [1.807, 2.05) is 59.7 Å². The second-order valence-electron chi connectivity index (χ2n) is 8.44. The van der Waals surface area contributed by atoms with Crippen molar-refractivity contribution in [2.75, 3.05) is 14.2 Å². The molecule has 6 heteroatoms. The highest BCUT2D eigenvalue weighted by atomic mass is 16.5. The first-order valence-electron chi connectivity index (χ1n) is 13.3. The smallest absolute Gasteiger partial charge is 0.263 e. The molecule has 0 atom stereocenters. The van der Waals surface area contributed by atoms with Gasteiger partial charge in [-0.05, 0) is 50.3 Å². The number of benzene rings is 1. The van der Waals surface area contributed by atoms with Crippen molar-refractivity contribution >= 4 is 16.8 Å². The number of hydrogen-bond acceptors (Lipinski definition) is 4. The summed E-state index contributed by atoms with van der Waals surface area (Å²) in [7, 11) is 2.61. The molecular formula is C29H52N2O4. The summed E-state index contributed by atoms with van der Waals surface area (Å²) in [5.74, 6) is 0.411. The Hall–Kier alpha value is -2.34. The van der Waals surface area contributed by atoms with E-state index in [0.29, 0.717) is 12.3 Å². The zero-order chi connectivity index (χ0) is 27.4. The van der Waals surface area contributed by atoms with Crippen LogP contribution in [-0.4, -0.2) is 35.3 Å². The van der Waals surface area contributed by atoms with E-state index in [4.69, 9.17) is 9.84 Å². The van der Waals surface area contributed by atoms with Gasteiger partial charge < -0.3 is 19.7 Å². The minimum Gasteiger partial charge on any atom is -0.497 e. The maximum atomic E-state index is 13.2. The maximum absolute atomic E-state index is 13.2. The van der Waals surface area contributed by atoms with E-state index >= 15 is 0 Å². The molecule has 0 aliphatic rings. The fourth-order valence-electron chi connectivity index (χ4n) is 3.64. The lowest BCUT2D eigenvalue weighted by atomic mass is 9.96. The van der Waals surface area contributed by atoms with Crippen LogP contribution in [0.1, 0.15) is 111 Å². The molecule has 0 aliphatic heterocycles. The number of methoxy groups -OCH3 is 1. The number of unbranched alkanes of at least 4 members (excludes halogenated alkanes) is 4. The minimum atomic E-state index is -0.347. The Kier molecular flexibility index (Phi) is 19.8. The van der Waals surface area contributed by atoms with Gasteiger partial charge in [0.2, 0.25) is 0 Å². The van der Waals surface area contributed by atoms with Crippen LogP contribution >= 0.6 is 0 Å². The summed E-state index contributed by atoms with van der Waals surface area (Å²) in [5.41, 5.74) is 0.441. The van der Waals surface area contributed by atoms with E-state index in [9.17, 15) is 9.59 Å². The van der Waals surface area contributed by atoms with Gasteiger partial charge in [0.25, 0.3) is 11.5 Å². The van der Waals surface area contributed by atoms with Crippen LogP contribution in [0.4, 0.5) is 0 Å². The third kappa shape index (κ3) is 11.8. The van der Waals surface area contributed by atoms with E-state index in [1.54, 1.807) is 17.7 Å². The molecule has 1 amide bonds. The predicted octanol–water partition coefficient (Wildman–Crippen LogP) is 6.95. The number of fused-ring (bicyclic) bond motifs is 1. The molecule has 6 nitrogen and oxygen atoms in total. The molecule has 2 N–H and O–H groups in total. The Bertz CT molecular complexity index is 888. The number of aryl methyl sites for hydroxylation is 1. The van der Waals surface area contributed by atoms with Gasteiger partial charge in [-0.25, -0.2) is 0 Å². The van der Waals surface area contributed by atoms with Crippen LogP contribution in [0.5, 0.6) is 5.75 Å². The molecule has 1 aromatic heterocycles. The first-order valence-corrected chi connectivity index (χ1v) is 13.3. The number of carbonyl (C=O) groups excluding carboxylic acids is 1. The normalized spacial score (nSPS) is 10.1. The number of aromatic nitrogens is 1. The number of aliphatic hydroxyl groups excluding tert-OH is 1. The topological polar surface area (TPSA) is 80.6 Å². The Morgan fingerprint density at radius 1 is 0.971 bits per heavy atom. The van der Waals surface area contributed by atoms with Gasteiger partial charge in [0, 0.05) is 25.3 Å². The van der Waals surface area contributed by atoms with Gasteiger partial charge >= 0.3 is 0 Å². The number of aliphatic hydroxyl groups is 1. The van der Waals surface area contributed by atoms with Gasteiger partial charge in [0.05, 0.1) is 12.6 Å². The quantitative estimate of drug-likeness (QED) is 0.333. The van der Waals surface area contributed by atoms with Gasteiger partial charge in [-0.1, -0.05) is 73.6 Å². The van der Waals surface area contributed by atoms with Crippen molar-refractivity contribution in [2.24, 2.45) is 0 Å². The summed E-state index contributed by atoms with van der Waals surface area (Å²) in [6.45, 7) is 16.9. The second-order valence-corrected chi connectivity index (χ2v) is 8.44. The molecule has 0 unspecified atom stereocenters. The highest BCUT2D eigenvalue weighted by Gasteiger charge is 2.23. The third-order valence-corrected chi connectivity index (χ3v) is 5.39. The lowest BCUT2D eigenvalue weighted by molar-refractivity contribution is 0.0906. The number of nitrogens with zero attached hydrogens (tertiary/aromatic N) is 1. The summed E-state index contributed by atoms with van der Waals surface area (Å²) >= 11 is 0. The van der Waals surface area contributed by atoms with Crippen molar-refractivity contribution in [1.82, 2.24) is 9.88 Å². The zero-order valence-corrected chi connectivity index (χ0v) is 24.1. The van der Waals surface area contributed by atoms with Gasteiger partial charge in [-0.15, -0.1) is 0 Å². The number of ether oxygens (including phenoxy) is 1. The van der Waals surface area contributed by atoms with Crippen molar-refractivity contribution < 1.29 is 14.6 Å². The van der Waals surface area contributed by atoms with Crippen LogP contribution in [0.15, 0.2) is 29.1 Å². The average Bonchev–Trinajstić information content (AvgIpc) is 2.88. The number of pyridine rings is 1. The molecule has 1 aromatic carbocycles. The average molecular weight is 493 g/mol. The molecule has 2 aromatic rings. The summed E-state index contributed by atoms with van der Waals surface area (Å²) in [6, 6.07) is 7.36. The first kappa shape index (κ1) is 34.8. The molecule has 0 saturated heterocycles. The van der Waals surface area contributed by atoms with Crippen molar-refractivity contribution in [3.8, 4) is 5.75 Å². The largest absolute Gasteiger partial charge is 0.497 e. The number of carbonyl (C=O) groups is 1. The Labute approximate surface area is 214 Å². The molecule has 0 radical (unpaired) electrons. The molecule has 0 bridgehead atoms. The summed E-state index contributed by atoms with van der Waals surface area (Å²) in [5, 5.41) is 10.9. The Morgan fingerprint density at radius 2 is 1.54 bits per heavy atom. The van der Waals surface area contributed by atoms with Crippen LogP contribution in [0.25, 0.3) is 10.9 Å². The Balaban J connectivity index is 0. The highest BCUT2D eigenvalue weighted by molar-refractivity contribution is 5.98. The summed E-state index contributed by atoms with van der Waals surface area (Å²) in [6.07, 6.45) is 7.24. The molecular weight excluding hydrogens is 440 g/mol. The van der Waals surface area contributed by atoms with E-state index in [0.717, 1.165) is 63.0 Å². The van der Waals surface area contributed by atoms with Gasteiger partial charge in [0.15, 0.2) is 0 Å². The molecule has 2 rings (SSSR count). The first-order chi connectivity index (χ1) is 16.8. The van der Waals surface area contributed by atoms with Crippen molar-refractivity contribution in [1.29, 1.82) is 0 Å². The summed E-state index contributed by atoms with van der Waals surface area (Å²) in [4.78, 5) is 26.2. The van der Waals surface area contributed by atoms with Crippen molar-refractivity contribution in [3.63, 3.8) is 0 Å². The Morgan fingerprint density at radius 3 is 2.09 bits per heavy atom. The van der Waals surface area contributed by atoms with Gasteiger partial charge in [-0.3, -0.25) is 9.59 Å². The fourth-order valence-corrected chi connectivity index (χ4v) is 3.64. The zero-order valence-electron chi connectivity index (χ0n) is 24.1. The molecule has 1 heterocycles. The highest BCUT2D eigenvalue weighted by Crippen LogP contribution is 2.22. The number of nitrogens with one attached hydrogen (secondary N) is 1. The number of amides is 1. The van der Waals surface area contributed by atoms with Crippen molar-refractivity contribution in [3.05, 3.63) is 40.2 Å². The van der Waals surface area contributed by atoms with Crippen LogP contribution < -0.4 is 15.6 Å². The SMILES string of the molecule is CC.CC.CCCCCn1c(=O)c(C(=O)NC(C)(C)CCCCC)cc2ccc(OC)cc21.CO. The van der Waals surface area contributed by atoms with Crippen LogP contribution in [0.2, 0.25) is 0 Å². The van der Waals surface area contributed by atoms with E-state index in [-0.39, 0.29) is 22.6 Å². The van der Waals surface area contributed by atoms with Gasteiger partial charge in [-0.2, -0.15) is 0 Å². The van der Waals surface area contributed by atoms with Crippen molar-refractivity contribution in [2.45, 2.75) is 112 Å². The monoisotopic (exact) mass is 492 g/mol. The molecule has 0 fully saturated rings. The number of hydrogen-bond donors (Lipinski definition) is 2. The number of rotatable bonds is 11. The fraction of sp³-hybridized carbons (Fsp3) is 0.655. The second kappa shape index (κ2) is 19.9. The van der Waals surface area contributed by atoms with E-state index < -0.39 is 0 Å². The van der Waals surface area contributed by atoms with Crippen LogP contribution in [0.3, 0.4) is 0 Å². The molecule has 202 valence electrons. The van der Waals surface area contributed by atoms with Gasteiger partial charge in [0.1, 0.15) is 11.3 Å². The van der Waals surface area contributed by atoms with Crippen LogP contribution in [0, 0.1) is 0 Å². The molecule has 35 heavy (non-hydrogen) atoms.